The zero-order valence-corrected chi connectivity index (χ0v) is 10.7. The fraction of sp³-hybridized carbons (Fsp3) is 0.615. The van der Waals surface area contributed by atoms with Crippen molar-refractivity contribution < 1.29 is 0 Å². The SMILES string of the molecule is CSC1CCCC(NCc2ccncc2)C1. The quantitative estimate of drug-likeness (QED) is 0.870. The molecule has 1 aromatic rings. The number of hydrogen-bond acceptors (Lipinski definition) is 3. The predicted molar refractivity (Wildman–Crippen MR) is 70.6 cm³/mol. The minimum absolute atomic E-state index is 0.708. The molecule has 0 aromatic carbocycles. The first-order valence-electron chi connectivity index (χ1n) is 6.03. The molecule has 1 heterocycles. The van der Waals surface area contributed by atoms with Crippen molar-refractivity contribution in [3.63, 3.8) is 0 Å². The van der Waals surface area contributed by atoms with Crippen molar-refractivity contribution in [1.29, 1.82) is 0 Å². The van der Waals surface area contributed by atoms with Crippen LogP contribution in [0.15, 0.2) is 24.5 Å². The first-order valence-corrected chi connectivity index (χ1v) is 7.32. The van der Waals surface area contributed by atoms with Crippen molar-refractivity contribution >= 4 is 11.8 Å². The third-order valence-electron chi connectivity index (χ3n) is 3.30. The van der Waals surface area contributed by atoms with Gasteiger partial charge in [-0.05, 0) is 43.2 Å². The van der Waals surface area contributed by atoms with E-state index in [2.05, 4.69) is 28.7 Å². The van der Waals surface area contributed by atoms with Crippen LogP contribution >= 0.6 is 11.8 Å². The third kappa shape index (κ3) is 3.49. The highest BCUT2D eigenvalue weighted by molar-refractivity contribution is 7.99. The zero-order valence-electron chi connectivity index (χ0n) is 9.86. The van der Waals surface area contributed by atoms with Gasteiger partial charge in [-0.15, -0.1) is 0 Å². The van der Waals surface area contributed by atoms with Gasteiger partial charge in [0, 0.05) is 30.2 Å². The predicted octanol–water partition coefficient (Wildman–Crippen LogP) is 2.85. The number of pyridine rings is 1. The molecular formula is C13H20N2S. The zero-order chi connectivity index (χ0) is 11.2. The largest absolute Gasteiger partial charge is 0.310 e. The molecule has 2 atom stereocenters. The fourth-order valence-electron chi connectivity index (χ4n) is 2.31. The van der Waals surface area contributed by atoms with E-state index in [1.165, 1.54) is 31.2 Å². The second-order valence-corrected chi connectivity index (χ2v) is 5.60. The fourth-order valence-corrected chi connectivity index (χ4v) is 3.13. The van der Waals surface area contributed by atoms with E-state index in [1.54, 1.807) is 0 Å². The Bertz CT molecular complexity index is 302. The molecule has 3 heteroatoms. The van der Waals surface area contributed by atoms with Gasteiger partial charge in [0.05, 0.1) is 0 Å². The maximum atomic E-state index is 4.03. The molecule has 1 aliphatic carbocycles. The summed E-state index contributed by atoms with van der Waals surface area (Å²) in [5, 5.41) is 4.53. The standard InChI is InChI=1S/C13H20N2S/c1-16-13-4-2-3-12(9-13)15-10-11-5-7-14-8-6-11/h5-8,12-13,15H,2-4,9-10H2,1H3. The van der Waals surface area contributed by atoms with Crippen LogP contribution in [0.5, 0.6) is 0 Å². The van der Waals surface area contributed by atoms with Crippen LogP contribution in [0.4, 0.5) is 0 Å². The maximum Gasteiger partial charge on any atom is 0.0271 e. The third-order valence-corrected chi connectivity index (χ3v) is 4.40. The van der Waals surface area contributed by atoms with Crippen LogP contribution in [0.2, 0.25) is 0 Å². The van der Waals surface area contributed by atoms with Crippen molar-refractivity contribution in [3.05, 3.63) is 30.1 Å². The van der Waals surface area contributed by atoms with Gasteiger partial charge in [-0.2, -0.15) is 11.8 Å². The minimum atomic E-state index is 0.708. The molecule has 0 amide bonds. The second-order valence-electron chi connectivity index (χ2n) is 4.46. The molecule has 0 aliphatic heterocycles. The molecule has 2 unspecified atom stereocenters. The summed E-state index contributed by atoms with van der Waals surface area (Å²) in [6, 6.07) is 4.88. The van der Waals surface area contributed by atoms with Crippen LogP contribution in [0, 0.1) is 0 Å². The number of aromatic nitrogens is 1. The van der Waals surface area contributed by atoms with E-state index in [4.69, 9.17) is 0 Å². The van der Waals surface area contributed by atoms with Gasteiger partial charge in [-0.1, -0.05) is 6.42 Å². The van der Waals surface area contributed by atoms with Gasteiger partial charge >= 0.3 is 0 Å². The minimum Gasteiger partial charge on any atom is -0.310 e. The molecule has 16 heavy (non-hydrogen) atoms. The topological polar surface area (TPSA) is 24.9 Å². The summed E-state index contributed by atoms with van der Waals surface area (Å²) in [5.41, 5.74) is 1.33. The van der Waals surface area contributed by atoms with E-state index in [1.807, 2.05) is 24.2 Å². The molecule has 1 fully saturated rings. The lowest BCUT2D eigenvalue weighted by molar-refractivity contribution is 0.380. The number of thioether (sulfide) groups is 1. The van der Waals surface area contributed by atoms with Crippen molar-refractivity contribution in [2.45, 2.75) is 43.5 Å². The number of hydrogen-bond donors (Lipinski definition) is 1. The van der Waals surface area contributed by atoms with E-state index in [0.717, 1.165) is 11.8 Å². The summed E-state index contributed by atoms with van der Waals surface area (Å²) < 4.78 is 0. The summed E-state index contributed by atoms with van der Waals surface area (Å²) in [7, 11) is 0. The Hall–Kier alpha value is -0.540. The van der Waals surface area contributed by atoms with E-state index in [-0.39, 0.29) is 0 Å². The Morgan fingerprint density at radius 1 is 1.38 bits per heavy atom. The monoisotopic (exact) mass is 236 g/mol. The highest BCUT2D eigenvalue weighted by Gasteiger charge is 2.20. The van der Waals surface area contributed by atoms with E-state index >= 15 is 0 Å². The normalized spacial score (nSPS) is 25.6. The van der Waals surface area contributed by atoms with Gasteiger partial charge in [0.2, 0.25) is 0 Å². The number of nitrogens with one attached hydrogen (secondary N) is 1. The number of nitrogens with zero attached hydrogens (tertiary/aromatic N) is 1. The lowest BCUT2D eigenvalue weighted by atomic mass is 9.95. The van der Waals surface area contributed by atoms with Gasteiger partial charge in [-0.25, -0.2) is 0 Å². The van der Waals surface area contributed by atoms with E-state index in [9.17, 15) is 0 Å². The first kappa shape index (κ1) is 11.9. The van der Waals surface area contributed by atoms with E-state index in [0.29, 0.717) is 6.04 Å². The molecule has 2 nitrogen and oxygen atoms in total. The van der Waals surface area contributed by atoms with Crippen LogP contribution in [-0.2, 0) is 6.54 Å². The Labute approximate surface area is 102 Å². The van der Waals surface area contributed by atoms with Crippen LogP contribution in [0.3, 0.4) is 0 Å². The van der Waals surface area contributed by atoms with Crippen LogP contribution in [0.25, 0.3) is 0 Å². The molecule has 88 valence electrons. The lowest BCUT2D eigenvalue weighted by Gasteiger charge is -2.28. The van der Waals surface area contributed by atoms with Gasteiger partial charge < -0.3 is 5.32 Å². The summed E-state index contributed by atoms with van der Waals surface area (Å²) in [5.74, 6) is 0. The molecule has 0 spiro atoms. The Morgan fingerprint density at radius 3 is 2.94 bits per heavy atom. The highest BCUT2D eigenvalue weighted by Crippen LogP contribution is 2.26. The molecule has 1 N–H and O–H groups in total. The summed E-state index contributed by atoms with van der Waals surface area (Å²) >= 11 is 2.02. The first-order chi connectivity index (χ1) is 7.88. The molecule has 1 aliphatic rings. The van der Waals surface area contributed by atoms with Crippen LogP contribution in [0.1, 0.15) is 31.2 Å². The molecule has 0 radical (unpaired) electrons. The van der Waals surface area contributed by atoms with Crippen LogP contribution in [-0.4, -0.2) is 22.5 Å². The molecule has 0 saturated heterocycles. The van der Waals surface area contributed by atoms with Crippen molar-refractivity contribution in [1.82, 2.24) is 10.3 Å². The summed E-state index contributed by atoms with van der Waals surface area (Å²) in [6.45, 7) is 0.980. The summed E-state index contributed by atoms with van der Waals surface area (Å²) in [4.78, 5) is 4.03. The molecular weight excluding hydrogens is 216 g/mol. The van der Waals surface area contributed by atoms with Gasteiger partial charge in [0.25, 0.3) is 0 Å². The van der Waals surface area contributed by atoms with Gasteiger partial charge in [0.1, 0.15) is 0 Å². The Kier molecular flexibility index (Phi) is 4.67. The van der Waals surface area contributed by atoms with Crippen LogP contribution < -0.4 is 5.32 Å². The molecule has 1 saturated carbocycles. The highest BCUT2D eigenvalue weighted by atomic mass is 32.2. The van der Waals surface area contributed by atoms with Crippen molar-refractivity contribution in [2.24, 2.45) is 0 Å². The molecule has 2 rings (SSSR count). The smallest absolute Gasteiger partial charge is 0.0271 e. The maximum absolute atomic E-state index is 4.03. The Balaban J connectivity index is 1.77. The molecule has 1 aromatic heterocycles. The second kappa shape index (κ2) is 6.26. The average molecular weight is 236 g/mol. The van der Waals surface area contributed by atoms with E-state index < -0.39 is 0 Å². The molecule has 0 bridgehead atoms. The average Bonchev–Trinajstić information content (AvgIpc) is 2.38. The van der Waals surface area contributed by atoms with Crippen molar-refractivity contribution in [2.75, 3.05) is 6.26 Å². The number of rotatable bonds is 4. The van der Waals surface area contributed by atoms with Gasteiger partial charge in [-0.3, -0.25) is 4.98 Å². The lowest BCUT2D eigenvalue weighted by Crippen LogP contribution is -2.34. The Morgan fingerprint density at radius 2 is 2.19 bits per heavy atom. The van der Waals surface area contributed by atoms with Crippen molar-refractivity contribution in [3.8, 4) is 0 Å². The van der Waals surface area contributed by atoms with Gasteiger partial charge in [0.15, 0.2) is 0 Å². The summed E-state index contributed by atoms with van der Waals surface area (Å²) in [6.07, 6.45) is 11.4.